The van der Waals surface area contributed by atoms with Crippen molar-refractivity contribution in [3.63, 3.8) is 0 Å². The van der Waals surface area contributed by atoms with Gasteiger partial charge in [0.25, 0.3) is 0 Å². The standard InChI is InChI=1S/C11H18N2S.BrH/c1-2-3-8-13-9-6-4-5-7-10(9)14-11(13)12;/h12H,2-8H2,1H3;1H. The zero-order valence-electron chi connectivity index (χ0n) is 9.21. The number of fused-ring (bicyclic) bond motifs is 1. The predicted molar refractivity (Wildman–Crippen MR) is 70.0 cm³/mol. The van der Waals surface area contributed by atoms with Gasteiger partial charge >= 0.3 is 0 Å². The van der Waals surface area contributed by atoms with Gasteiger partial charge < -0.3 is 4.57 Å². The van der Waals surface area contributed by atoms with Crippen LogP contribution in [0.3, 0.4) is 0 Å². The van der Waals surface area contributed by atoms with Crippen LogP contribution in [0.4, 0.5) is 0 Å². The third kappa shape index (κ3) is 2.72. The molecule has 0 atom stereocenters. The van der Waals surface area contributed by atoms with Crippen LogP contribution in [0.2, 0.25) is 0 Å². The second-order valence-electron chi connectivity index (χ2n) is 3.99. The number of thiazole rings is 1. The summed E-state index contributed by atoms with van der Waals surface area (Å²) >= 11 is 1.70. The number of hydrogen-bond acceptors (Lipinski definition) is 2. The molecule has 0 saturated carbocycles. The van der Waals surface area contributed by atoms with Crippen molar-refractivity contribution < 1.29 is 0 Å². The average Bonchev–Trinajstić information content (AvgIpc) is 2.51. The second kappa shape index (κ2) is 5.85. The quantitative estimate of drug-likeness (QED) is 0.885. The van der Waals surface area contributed by atoms with Crippen molar-refractivity contribution in [1.82, 2.24) is 4.57 Å². The van der Waals surface area contributed by atoms with Crippen LogP contribution in [0.5, 0.6) is 0 Å². The Bertz CT molecular complexity index is 367. The van der Waals surface area contributed by atoms with E-state index < -0.39 is 0 Å². The maximum atomic E-state index is 7.93. The lowest BCUT2D eigenvalue weighted by Gasteiger charge is -2.13. The highest BCUT2D eigenvalue weighted by Gasteiger charge is 2.15. The molecule has 4 heteroatoms. The molecule has 1 N–H and O–H groups in total. The van der Waals surface area contributed by atoms with Crippen molar-refractivity contribution in [1.29, 1.82) is 5.41 Å². The van der Waals surface area contributed by atoms with Gasteiger partial charge in [0.1, 0.15) is 0 Å². The molecule has 1 aromatic rings. The monoisotopic (exact) mass is 290 g/mol. The van der Waals surface area contributed by atoms with Crippen LogP contribution in [-0.2, 0) is 19.4 Å². The number of halogens is 1. The predicted octanol–water partition coefficient (Wildman–Crippen LogP) is 3.29. The Balaban J connectivity index is 0.00000112. The number of aromatic nitrogens is 1. The van der Waals surface area contributed by atoms with Gasteiger partial charge in [-0.05, 0) is 32.1 Å². The molecule has 0 radical (unpaired) electrons. The smallest absolute Gasteiger partial charge is 0.182 e. The summed E-state index contributed by atoms with van der Waals surface area (Å²) in [6, 6.07) is 0. The molecule has 1 aliphatic rings. The van der Waals surface area contributed by atoms with Gasteiger partial charge in [-0.3, -0.25) is 5.41 Å². The molecule has 1 heterocycles. The van der Waals surface area contributed by atoms with Crippen LogP contribution in [-0.4, -0.2) is 4.57 Å². The van der Waals surface area contributed by atoms with Gasteiger partial charge in [0, 0.05) is 17.1 Å². The van der Waals surface area contributed by atoms with Gasteiger partial charge in [-0.1, -0.05) is 13.3 Å². The fourth-order valence-corrected chi connectivity index (χ4v) is 3.23. The van der Waals surface area contributed by atoms with E-state index in [1.165, 1.54) is 49.1 Å². The molecule has 2 rings (SSSR count). The Kier molecular flexibility index (Phi) is 5.06. The van der Waals surface area contributed by atoms with E-state index in [4.69, 9.17) is 5.41 Å². The third-order valence-corrected chi connectivity index (χ3v) is 4.02. The molecule has 0 unspecified atom stereocenters. The summed E-state index contributed by atoms with van der Waals surface area (Å²) in [5.41, 5.74) is 1.47. The van der Waals surface area contributed by atoms with Crippen LogP contribution >= 0.6 is 28.3 Å². The van der Waals surface area contributed by atoms with Crippen LogP contribution in [0.1, 0.15) is 43.2 Å². The summed E-state index contributed by atoms with van der Waals surface area (Å²) in [6.45, 7) is 3.27. The lowest BCUT2D eigenvalue weighted by atomic mass is 10.0. The van der Waals surface area contributed by atoms with Gasteiger partial charge in [-0.2, -0.15) is 0 Å². The first-order valence-corrected chi connectivity index (χ1v) is 6.40. The minimum absolute atomic E-state index is 0. The number of aryl methyl sites for hydroxylation is 1. The first-order valence-electron chi connectivity index (χ1n) is 5.59. The maximum absolute atomic E-state index is 7.93. The van der Waals surface area contributed by atoms with E-state index in [9.17, 15) is 0 Å². The normalized spacial score (nSPS) is 14.5. The highest BCUT2D eigenvalue weighted by Crippen LogP contribution is 2.23. The minimum Gasteiger partial charge on any atom is -0.321 e. The Morgan fingerprint density at radius 2 is 2.07 bits per heavy atom. The highest BCUT2D eigenvalue weighted by molar-refractivity contribution is 8.93. The lowest BCUT2D eigenvalue weighted by Crippen LogP contribution is -2.17. The summed E-state index contributed by atoms with van der Waals surface area (Å²) in [4.78, 5) is 2.25. The lowest BCUT2D eigenvalue weighted by molar-refractivity contribution is 0.560. The van der Waals surface area contributed by atoms with Crippen molar-refractivity contribution in [3.05, 3.63) is 15.4 Å². The first kappa shape index (κ1) is 13.0. The third-order valence-electron chi connectivity index (χ3n) is 2.92. The molecule has 1 aromatic heterocycles. The van der Waals surface area contributed by atoms with E-state index in [1.54, 1.807) is 11.3 Å². The summed E-state index contributed by atoms with van der Waals surface area (Å²) < 4.78 is 2.24. The van der Waals surface area contributed by atoms with Crippen LogP contribution in [0.15, 0.2) is 0 Å². The molecule has 1 aliphatic carbocycles. The first-order chi connectivity index (χ1) is 6.83. The molecule has 0 aliphatic heterocycles. The van der Waals surface area contributed by atoms with E-state index in [0.29, 0.717) is 0 Å². The van der Waals surface area contributed by atoms with Crippen molar-refractivity contribution >= 4 is 28.3 Å². The van der Waals surface area contributed by atoms with Crippen molar-refractivity contribution in [2.75, 3.05) is 0 Å². The van der Waals surface area contributed by atoms with Crippen molar-refractivity contribution in [2.45, 2.75) is 52.0 Å². The number of unbranched alkanes of at least 4 members (excludes halogenated alkanes) is 1. The molecule has 0 spiro atoms. The van der Waals surface area contributed by atoms with Crippen molar-refractivity contribution in [2.24, 2.45) is 0 Å². The molecule has 0 fully saturated rings. The largest absolute Gasteiger partial charge is 0.321 e. The number of nitrogens with zero attached hydrogens (tertiary/aromatic N) is 1. The topological polar surface area (TPSA) is 28.8 Å². The Labute approximate surface area is 106 Å². The fraction of sp³-hybridized carbons (Fsp3) is 0.727. The number of hydrogen-bond donors (Lipinski definition) is 1. The van der Waals surface area contributed by atoms with Gasteiger partial charge in [0.2, 0.25) is 0 Å². The molecule has 0 bridgehead atoms. The Morgan fingerprint density at radius 3 is 2.80 bits per heavy atom. The van der Waals surface area contributed by atoms with Gasteiger partial charge in [-0.15, -0.1) is 28.3 Å². The minimum atomic E-state index is 0. The summed E-state index contributed by atoms with van der Waals surface area (Å²) in [5.74, 6) is 0. The van der Waals surface area contributed by atoms with Crippen LogP contribution < -0.4 is 4.80 Å². The van der Waals surface area contributed by atoms with E-state index in [-0.39, 0.29) is 17.0 Å². The SMILES string of the molecule is Br.CCCCn1c2c(sc1=N)CCCC2. The van der Waals surface area contributed by atoms with E-state index in [0.717, 1.165) is 11.3 Å². The van der Waals surface area contributed by atoms with E-state index in [2.05, 4.69) is 11.5 Å². The summed E-state index contributed by atoms with van der Waals surface area (Å²) in [7, 11) is 0. The Hall–Kier alpha value is -0.0900. The number of nitrogens with one attached hydrogen (secondary N) is 1. The maximum Gasteiger partial charge on any atom is 0.182 e. The molecular formula is C11H19BrN2S. The van der Waals surface area contributed by atoms with Gasteiger partial charge in [-0.25, -0.2) is 0 Å². The van der Waals surface area contributed by atoms with E-state index >= 15 is 0 Å². The molecule has 0 amide bonds. The second-order valence-corrected chi connectivity index (χ2v) is 5.07. The molecule has 0 aromatic carbocycles. The average molecular weight is 291 g/mol. The molecule has 2 nitrogen and oxygen atoms in total. The molecular weight excluding hydrogens is 272 g/mol. The van der Waals surface area contributed by atoms with Crippen molar-refractivity contribution in [3.8, 4) is 0 Å². The zero-order chi connectivity index (χ0) is 9.97. The van der Waals surface area contributed by atoms with E-state index in [1.807, 2.05) is 0 Å². The highest BCUT2D eigenvalue weighted by atomic mass is 79.9. The molecule has 86 valence electrons. The molecule has 0 saturated heterocycles. The van der Waals surface area contributed by atoms with Gasteiger partial charge in [0.05, 0.1) is 0 Å². The number of rotatable bonds is 3. The van der Waals surface area contributed by atoms with Crippen LogP contribution in [0.25, 0.3) is 0 Å². The van der Waals surface area contributed by atoms with Crippen LogP contribution in [0, 0.1) is 5.41 Å². The zero-order valence-corrected chi connectivity index (χ0v) is 11.7. The summed E-state index contributed by atoms with van der Waals surface area (Å²) in [6.07, 6.45) is 7.48. The Morgan fingerprint density at radius 1 is 1.33 bits per heavy atom. The fourth-order valence-electron chi connectivity index (χ4n) is 2.10. The van der Waals surface area contributed by atoms with Gasteiger partial charge in [0.15, 0.2) is 4.80 Å². The molecule has 15 heavy (non-hydrogen) atoms. The summed E-state index contributed by atoms with van der Waals surface area (Å²) in [5, 5.41) is 7.93.